The van der Waals surface area contributed by atoms with Gasteiger partial charge in [-0.15, -0.1) is 0 Å². The van der Waals surface area contributed by atoms with Crippen molar-refractivity contribution in [3.63, 3.8) is 0 Å². The molecule has 3 rings (SSSR count). The summed E-state index contributed by atoms with van der Waals surface area (Å²) in [6.45, 7) is 0. The first-order chi connectivity index (χ1) is 7.75. The standard InChI is InChI=1S/C13H7O3/c14-8-5-6-12-10(7-8)13(15)9-3-1-2-4-11(9)16-12/h2-7,14H. The molecule has 3 heteroatoms. The molecule has 0 unspecified atom stereocenters. The lowest BCUT2D eigenvalue weighted by Gasteiger charge is -2.00. The highest BCUT2D eigenvalue weighted by atomic mass is 16.3. The van der Waals surface area contributed by atoms with Crippen LogP contribution in [0.3, 0.4) is 0 Å². The van der Waals surface area contributed by atoms with Crippen LogP contribution in [0.5, 0.6) is 5.75 Å². The zero-order chi connectivity index (χ0) is 11.1. The van der Waals surface area contributed by atoms with Crippen molar-refractivity contribution in [2.45, 2.75) is 0 Å². The van der Waals surface area contributed by atoms with Gasteiger partial charge in [-0.3, -0.25) is 4.79 Å². The van der Waals surface area contributed by atoms with Gasteiger partial charge in [0.05, 0.1) is 10.8 Å². The van der Waals surface area contributed by atoms with Crippen molar-refractivity contribution < 1.29 is 9.52 Å². The van der Waals surface area contributed by atoms with Gasteiger partial charge >= 0.3 is 0 Å². The molecule has 3 aromatic rings. The Morgan fingerprint density at radius 2 is 1.94 bits per heavy atom. The van der Waals surface area contributed by atoms with Crippen LogP contribution in [0.2, 0.25) is 0 Å². The normalized spacial score (nSPS) is 11.0. The summed E-state index contributed by atoms with van der Waals surface area (Å²) in [4.78, 5) is 12.0. The van der Waals surface area contributed by atoms with Gasteiger partial charge in [0.1, 0.15) is 16.9 Å². The lowest BCUT2D eigenvalue weighted by Crippen LogP contribution is -2.01. The predicted octanol–water partition coefficient (Wildman–Crippen LogP) is 2.45. The van der Waals surface area contributed by atoms with E-state index in [-0.39, 0.29) is 11.2 Å². The van der Waals surface area contributed by atoms with Crippen molar-refractivity contribution in [3.05, 3.63) is 52.7 Å². The van der Waals surface area contributed by atoms with Crippen LogP contribution >= 0.6 is 0 Å². The highest BCUT2D eigenvalue weighted by Gasteiger charge is 2.07. The highest BCUT2D eigenvalue weighted by Crippen LogP contribution is 2.21. The quantitative estimate of drug-likeness (QED) is 0.581. The first kappa shape index (κ1) is 8.97. The van der Waals surface area contributed by atoms with Gasteiger partial charge in [0, 0.05) is 0 Å². The van der Waals surface area contributed by atoms with E-state index in [4.69, 9.17) is 4.42 Å². The molecule has 0 fully saturated rings. The second-order valence-corrected chi connectivity index (χ2v) is 3.53. The molecule has 0 aliphatic rings. The van der Waals surface area contributed by atoms with Crippen molar-refractivity contribution in [3.8, 4) is 5.75 Å². The molecular formula is C13H7O3. The fourth-order valence-corrected chi connectivity index (χ4v) is 1.73. The Bertz CT molecular complexity index is 741. The number of rotatable bonds is 0. The minimum Gasteiger partial charge on any atom is -0.508 e. The van der Waals surface area contributed by atoms with E-state index in [1.807, 2.05) is 0 Å². The minimum atomic E-state index is -0.149. The summed E-state index contributed by atoms with van der Waals surface area (Å²) >= 11 is 0. The molecule has 77 valence electrons. The Balaban J connectivity index is 2.61. The average molecular weight is 211 g/mol. The second kappa shape index (κ2) is 3.10. The molecule has 0 saturated carbocycles. The monoisotopic (exact) mass is 211 g/mol. The van der Waals surface area contributed by atoms with Gasteiger partial charge < -0.3 is 9.52 Å². The van der Waals surface area contributed by atoms with Crippen LogP contribution in [-0.4, -0.2) is 5.11 Å². The SMILES string of the molecule is O=c1c2c[c]ccc2oc2ccc(O)cc12. The fourth-order valence-electron chi connectivity index (χ4n) is 1.73. The zero-order valence-corrected chi connectivity index (χ0v) is 8.23. The molecule has 0 atom stereocenters. The minimum absolute atomic E-state index is 0.0547. The molecule has 1 heterocycles. The summed E-state index contributed by atoms with van der Waals surface area (Å²) in [6.07, 6.45) is 0. The molecule has 0 spiro atoms. The van der Waals surface area contributed by atoms with Crippen LogP contribution in [0.1, 0.15) is 0 Å². The molecule has 1 radical (unpaired) electrons. The van der Waals surface area contributed by atoms with E-state index < -0.39 is 0 Å². The molecule has 16 heavy (non-hydrogen) atoms. The molecule has 0 aliphatic heterocycles. The van der Waals surface area contributed by atoms with E-state index in [1.54, 1.807) is 24.3 Å². The Morgan fingerprint density at radius 3 is 2.81 bits per heavy atom. The van der Waals surface area contributed by atoms with Crippen LogP contribution in [0.15, 0.2) is 45.6 Å². The molecule has 1 aromatic heterocycles. The Hall–Kier alpha value is -2.29. The van der Waals surface area contributed by atoms with Gasteiger partial charge in [0.15, 0.2) is 0 Å². The number of benzene rings is 2. The molecule has 2 aromatic carbocycles. The summed E-state index contributed by atoms with van der Waals surface area (Å²) in [5.41, 5.74) is 0.854. The predicted molar refractivity (Wildman–Crippen MR) is 60.5 cm³/mol. The van der Waals surface area contributed by atoms with Crippen LogP contribution < -0.4 is 5.43 Å². The Labute approximate surface area is 90.6 Å². The van der Waals surface area contributed by atoms with Crippen LogP contribution in [0.4, 0.5) is 0 Å². The second-order valence-electron chi connectivity index (χ2n) is 3.53. The van der Waals surface area contributed by atoms with Crippen molar-refractivity contribution in [2.75, 3.05) is 0 Å². The third kappa shape index (κ3) is 1.18. The number of hydrogen-bond donors (Lipinski definition) is 1. The van der Waals surface area contributed by atoms with E-state index in [0.717, 1.165) is 0 Å². The summed E-state index contributed by atoms with van der Waals surface area (Å²) in [5, 5.41) is 10.2. The van der Waals surface area contributed by atoms with E-state index in [0.29, 0.717) is 21.9 Å². The lowest BCUT2D eigenvalue weighted by atomic mass is 10.1. The fraction of sp³-hybridized carbons (Fsp3) is 0. The van der Waals surface area contributed by atoms with Crippen LogP contribution in [-0.2, 0) is 0 Å². The molecule has 0 saturated heterocycles. The maximum Gasteiger partial charge on any atom is 0.200 e. The Kier molecular flexibility index (Phi) is 1.74. The number of phenols is 1. The Morgan fingerprint density at radius 1 is 1.12 bits per heavy atom. The summed E-state index contributed by atoms with van der Waals surface area (Å²) in [5.74, 6) is 0.0547. The lowest BCUT2D eigenvalue weighted by molar-refractivity contribution is 0.475. The number of hydrogen-bond acceptors (Lipinski definition) is 3. The summed E-state index contributed by atoms with van der Waals surface area (Å²) in [6, 6.07) is 12.3. The number of phenolic OH excluding ortho intramolecular Hbond substituents is 1. The van der Waals surface area contributed by atoms with Crippen LogP contribution in [0, 0.1) is 6.07 Å². The largest absolute Gasteiger partial charge is 0.508 e. The van der Waals surface area contributed by atoms with Crippen molar-refractivity contribution in [1.29, 1.82) is 0 Å². The van der Waals surface area contributed by atoms with Gasteiger partial charge in [0.25, 0.3) is 0 Å². The van der Waals surface area contributed by atoms with Crippen molar-refractivity contribution in [1.82, 2.24) is 0 Å². The zero-order valence-electron chi connectivity index (χ0n) is 8.23. The average Bonchev–Trinajstić information content (AvgIpc) is 2.31. The topological polar surface area (TPSA) is 50.4 Å². The summed E-state index contributed by atoms with van der Waals surface area (Å²) < 4.78 is 5.55. The molecule has 0 bridgehead atoms. The number of aromatic hydroxyl groups is 1. The highest BCUT2D eigenvalue weighted by molar-refractivity contribution is 5.90. The van der Waals surface area contributed by atoms with E-state index in [1.165, 1.54) is 12.1 Å². The van der Waals surface area contributed by atoms with Crippen molar-refractivity contribution in [2.24, 2.45) is 0 Å². The third-order valence-electron chi connectivity index (χ3n) is 2.50. The van der Waals surface area contributed by atoms with E-state index in [9.17, 15) is 9.90 Å². The van der Waals surface area contributed by atoms with Gasteiger partial charge in [-0.05, 0) is 36.4 Å². The van der Waals surface area contributed by atoms with Gasteiger partial charge in [-0.25, -0.2) is 0 Å². The molecule has 1 N–H and O–H groups in total. The number of fused-ring (bicyclic) bond motifs is 2. The first-order valence-electron chi connectivity index (χ1n) is 4.81. The third-order valence-corrected chi connectivity index (χ3v) is 2.50. The van der Waals surface area contributed by atoms with E-state index in [2.05, 4.69) is 6.07 Å². The van der Waals surface area contributed by atoms with E-state index >= 15 is 0 Å². The summed E-state index contributed by atoms with van der Waals surface area (Å²) in [7, 11) is 0. The molecule has 0 amide bonds. The first-order valence-corrected chi connectivity index (χ1v) is 4.81. The smallest absolute Gasteiger partial charge is 0.200 e. The van der Waals surface area contributed by atoms with Gasteiger partial charge in [-0.2, -0.15) is 0 Å². The maximum atomic E-state index is 12.0. The molecule has 3 nitrogen and oxygen atoms in total. The van der Waals surface area contributed by atoms with Crippen molar-refractivity contribution >= 4 is 21.9 Å². The van der Waals surface area contributed by atoms with Gasteiger partial charge in [-0.1, -0.05) is 6.07 Å². The maximum absolute atomic E-state index is 12.0. The van der Waals surface area contributed by atoms with Gasteiger partial charge in [0.2, 0.25) is 5.43 Å². The molecular weight excluding hydrogens is 204 g/mol. The molecule has 0 aliphatic carbocycles. The van der Waals surface area contributed by atoms with Crippen LogP contribution in [0.25, 0.3) is 21.9 Å².